The standard InChI is InChI=1S/C10H10ClNO5S2/c1-4(13)18-10(19-5(2)14)8(9(16)17)12-6(11)3-7(12)15/h6H,3H2,1-2H3,(H,16,17). The maximum absolute atomic E-state index is 11.4. The molecular weight excluding hydrogens is 314 g/mol. The van der Waals surface area contributed by atoms with E-state index < -0.39 is 23.1 Å². The van der Waals surface area contributed by atoms with Gasteiger partial charge >= 0.3 is 5.97 Å². The van der Waals surface area contributed by atoms with Gasteiger partial charge in [-0.15, -0.1) is 0 Å². The van der Waals surface area contributed by atoms with Crippen molar-refractivity contribution in [2.24, 2.45) is 0 Å². The summed E-state index contributed by atoms with van der Waals surface area (Å²) in [7, 11) is 0. The number of hydrogen-bond donors (Lipinski definition) is 1. The Hall–Kier alpha value is -0.990. The molecule has 1 aliphatic rings. The zero-order valence-electron chi connectivity index (χ0n) is 10.0. The van der Waals surface area contributed by atoms with Crippen LogP contribution in [0.15, 0.2) is 9.93 Å². The summed E-state index contributed by atoms with van der Waals surface area (Å²) in [5.74, 6) is -1.86. The maximum atomic E-state index is 11.4. The number of halogens is 1. The van der Waals surface area contributed by atoms with E-state index in [2.05, 4.69) is 0 Å². The van der Waals surface area contributed by atoms with Crippen molar-refractivity contribution in [1.82, 2.24) is 4.90 Å². The Balaban J connectivity index is 3.23. The van der Waals surface area contributed by atoms with E-state index in [1.165, 1.54) is 13.8 Å². The lowest BCUT2D eigenvalue weighted by atomic mass is 10.2. The van der Waals surface area contributed by atoms with Gasteiger partial charge in [-0.25, -0.2) is 4.79 Å². The zero-order valence-corrected chi connectivity index (χ0v) is 12.4. The summed E-state index contributed by atoms with van der Waals surface area (Å²) in [5, 5.41) is 8.41. The molecule has 0 spiro atoms. The van der Waals surface area contributed by atoms with Crippen LogP contribution in [0.1, 0.15) is 20.3 Å². The molecule has 1 heterocycles. The Morgan fingerprint density at radius 3 is 2.00 bits per heavy atom. The minimum Gasteiger partial charge on any atom is -0.477 e. The van der Waals surface area contributed by atoms with Crippen LogP contribution in [0.25, 0.3) is 0 Å². The Bertz CT molecular complexity index is 472. The summed E-state index contributed by atoms with van der Waals surface area (Å²) in [6, 6.07) is 0. The van der Waals surface area contributed by atoms with Crippen LogP contribution in [0, 0.1) is 0 Å². The number of hydrogen-bond acceptors (Lipinski definition) is 6. The smallest absolute Gasteiger partial charge is 0.354 e. The number of carboxylic acid groups (broad SMARTS) is 1. The van der Waals surface area contributed by atoms with Crippen molar-refractivity contribution < 1.29 is 24.3 Å². The van der Waals surface area contributed by atoms with Gasteiger partial charge in [0.1, 0.15) is 5.50 Å². The van der Waals surface area contributed by atoms with E-state index >= 15 is 0 Å². The molecule has 104 valence electrons. The number of nitrogens with zero attached hydrogens (tertiary/aromatic N) is 1. The van der Waals surface area contributed by atoms with Crippen LogP contribution in [0.2, 0.25) is 0 Å². The molecule has 0 aromatic heterocycles. The van der Waals surface area contributed by atoms with Gasteiger partial charge in [-0.1, -0.05) is 11.6 Å². The molecule has 1 N–H and O–H groups in total. The molecule has 1 fully saturated rings. The molecule has 1 aliphatic heterocycles. The van der Waals surface area contributed by atoms with Crippen LogP contribution < -0.4 is 0 Å². The van der Waals surface area contributed by atoms with Crippen molar-refractivity contribution in [1.29, 1.82) is 0 Å². The van der Waals surface area contributed by atoms with Gasteiger partial charge in [0.15, 0.2) is 15.9 Å². The van der Waals surface area contributed by atoms with Gasteiger partial charge in [0.25, 0.3) is 0 Å². The lowest BCUT2D eigenvalue weighted by Crippen LogP contribution is -2.50. The number of likely N-dealkylation sites (tertiary alicyclic amines) is 1. The molecule has 1 unspecified atom stereocenters. The van der Waals surface area contributed by atoms with Crippen LogP contribution in [0.4, 0.5) is 0 Å². The number of carbonyl (C=O) groups excluding carboxylic acids is 3. The fourth-order valence-electron chi connectivity index (χ4n) is 1.31. The van der Waals surface area contributed by atoms with Gasteiger partial charge < -0.3 is 5.11 Å². The van der Waals surface area contributed by atoms with Gasteiger partial charge in [-0.2, -0.15) is 0 Å². The maximum Gasteiger partial charge on any atom is 0.354 e. The first-order valence-electron chi connectivity index (χ1n) is 5.04. The molecule has 1 atom stereocenters. The summed E-state index contributed by atoms with van der Waals surface area (Å²) in [6.07, 6.45) is 0.0289. The number of alkyl halides is 1. The van der Waals surface area contributed by atoms with Gasteiger partial charge in [-0.3, -0.25) is 19.3 Å². The highest BCUT2D eigenvalue weighted by atomic mass is 35.5. The van der Waals surface area contributed by atoms with E-state index in [1.807, 2.05) is 0 Å². The topological polar surface area (TPSA) is 91.8 Å². The van der Waals surface area contributed by atoms with E-state index in [4.69, 9.17) is 11.6 Å². The van der Waals surface area contributed by atoms with Crippen LogP contribution in [0.5, 0.6) is 0 Å². The number of thioether (sulfide) groups is 2. The average molecular weight is 324 g/mol. The van der Waals surface area contributed by atoms with Gasteiger partial charge in [0.05, 0.1) is 10.7 Å². The van der Waals surface area contributed by atoms with Gasteiger partial charge in [-0.05, 0) is 23.5 Å². The van der Waals surface area contributed by atoms with Crippen molar-refractivity contribution in [2.75, 3.05) is 0 Å². The minimum atomic E-state index is -1.41. The highest BCUT2D eigenvalue weighted by Crippen LogP contribution is 2.38. The number of β-lactam (4-membered cyclic amide) rings is 1. The zero-order chi connectivity index (χ0) is 14.7. The SMILES string of the molecule is CC(=O)SC(SC(C)=O)=C(C(=O)O)N1C(=O)CC1Cl. The van der Waals surface area contributed by atoms with E-state index in [1.54, 1.807) is 0 Å². The number of aliphatic carboxylic acids is 1. The third kappa shape index (κ3) is 3.99. The fraction of sp³-hybridized carbons (Fsp3) is 0.400. The average Bonchev–Trinajstić information content (AvgIpc) is 2.23. The van der Waals surface area contributed by atoms with E-state index in [-0.39, 0.29) is 20.9 Å². The third-order valence-corrected chi connectivity index (χ3v) is 4.18. The molecule has 0 aliphatic carbocycles. The molecule has 0 radical (unpaired) electrons. The first-order valence-corrected chi connectivity index (χ1v) is 7.11. The van der Waals surface area contributed by atoms with Gasteiger partial charge in [0.2, 0.25) is 5.91 Å². The number of carboxylic acids is 1. The molecule has 1 saturated heterocycles. The second-order valence-corrected chi connectivity index (χ2v) is 6.67. The first-order chi connectivity index (χ1) is 8.73. The fourth-order valence-corrected chi connectivity index (χ4v) is 3.61. The Labute approximate surface area is 122 Å². The normalized spacial score (nSPS) is 17.7. The largest absolute Gasteiger partial charge is 0.477 e. The monoisotopic (exact) mass is 323 g/mol. The molecule has 19 heavy (non-hydrogen) atoms. The van der Waals surface area contributed by atoms with Crippen molar-refractivity contribution >= 4 is 57.2 Å². The Kier molecular flexibility index (Phi) is 5.45. The minimum absolute atomic E-state index is 0.0289. The quantitative estimate of drug-likeness (QED) is 0.363. The van der Waals surface area contributed by atoms with Crippen molar-refractivity contribution in [3.63, 3.8) is 0 Å². The Morgan fingerprint density at radius 1 is 1.26 bits per heavy atom. The highest BCUT2D eigenvalue weighted by molar-refractivity contribution is 8.34. The summed E-state index contributed by atoms with van der Waals surface area (Å²) in [5.41, 5.74) is -1.19. The summed E-state index contributed by atoms with van der Waals surface area (Å²) in [4.78, 5) is 45.8. The third-order valence-electron chi connectivity index (χ3n) is 2.00. The Morgan fingerprint density at radius 2 is 1.74 bits per heavy atom. The molecule has 0 bridgehead atoms. The second-order valence-electron chi connectivity index (χ2n) is 3.53. The predicted molar refractivity (Wildman–Crippen MR) is 72.3 cm³/mol. The first kappa shape index (κ1) is 16.1. The van der Waals surface area contributed by atoms with E-state index in [9.17, 15) is 24.3 Å². The van der Waals surface area contributed by atoms with Crippen molar-refractivity contribution in [3.05, 3.63) is 9.93 Å². The van der Waals surface area contributed by atoms with E-state index in [0.717, 1.165) is 4.90 Å². The van der Waals surface area contributed by atoms with Crippen molar-refractivity contribution in [3.8, 4) is 0 Å². The molecule has 1 rings (SSSR count). The van der Waals surface area contributed by atoms with Crippen LogP contribution in [-0.2, 0) is 19.2 Å². The second kappa shape index (κ2) is 6.44. The highest BCUT2D eigenvalue weighted by Gasteiger charge is 2.41. The molecule has 1 amide bonds. The molecule has 9 heteroatoms. The molecule has 0 aromatic rings. The lowest BCUT2D eigenvalue weighted by Gasteiger charge is -2.36. The summed E-state index contributed by atoms with van der Waals surface area (Å²) in [6.45, 7) is 2.47. The number of rotatable bonds is 4. The van der Waals surface area contributed by atoms with Crippen molar-refractivity contribution in [2.45, 2.75) is 25.8 Å². The predicted octanol–water partition coefficient (Wildman–Crippen LogP) is 1.60. The number of carbonyl (C=O) groups is 4. The lowest BCUT2D eigenvalue weighted by molar-refractivity contribution is -0.146. The van der Waals surface area contributed by atoms with Crippen LogP contribution >= 0.6 is 35.1 Å². The summed E-state index contributed by atoms with van der Waals surface area (Å²) < 4.78 is -0.0498. The molecule has 6 nitrogen and oxygen atoms in total. The van der Waals surface area contributed by atoms with Crippen LogP contribution in [0.3, 0.4) is 0 Å². The van der Waals surface area contributed by atoms with Crippen LogP contribution in [-0.4, -0.2) is 37.6 Å². The summed E-state index contributed by atoms with van der Waals surface area (Å²) >= 11 is 6.98. The van der Waals surface area contributed by atoms with E-state index in [0.29, 0.717) is 23.5 Å². The molecule has 0 saturated carbocycles. The van der Waals surface area contributed by atoms with Gasteiger partial charge in [0, 0.05) is 13.8 Å². The molecule has 0 aromatic carbocycles. The number of amides is 1. The molecular formula is C10H10ClNO5S2.